The third-order valence-electron chi connectivity index (χ3n) is 4.47. The maximum Gasteiger partial charge on any atom is 0.267 e. The number of para-hydroxylation sites is 1. The second-order valence-electron chi connectivity index (χ2n) is 6.81. The molecule has 142 valence electrons. The predicted octanol–water partition coefficient (Wildman–Crippen LogP) is 1.79. The standard InChI is InChI=1S/C19H20N2O4S2/c1-11(2)7-9-20-13-6-4-3-5-12(13)15(17(20)24)16-18(25)21(19(26)27-16)10-8-14(22)23/h3-6,11H,7-10H2,1-2H3,(H,22,23)/p-1/b16-15+. The summed E-state index contributed by atoms with van der Waals surface area (Å²) >= 11 is 6.28. The summed E-state index contributed by atoms with van der Waals surface area (Å²) in [7, 11) is 0. The van der Waals surface area contributed by atoms with Gasteiger partial charge in [-0.3, -0.25) is 14.5 Å². The molecule has 0 aromatic heterocycles. The lowest BCUT2D eigenvalue weighted by molar-refractivity contribution is -0.305. The number of thioether (sulfide) groups is 1. The van der Waals surface area contributed by atoms with Gasteiger partial charge in [-0.15, -0.1) is 0 Å². The fourth-order valence-electron chi connectivity index (χ4n) is 3.05. The molecule has 8 heteroatoms. The number of hydrogen-bond donors (Lipinski definition) is 0. The van der Waals surface area contributed by atoms with Gasteiger partial charge in [0.25, 0.3) is 11.8 Å². The van der Waals surface area contributed by atoms with Gasteiger partial charge in [-0.1, -0.05) is 56.0 Å². The van der Waals surface area contributed by atoms with E-state index < -0.39 is 11.9 Å². The van der Waals surface area contributed by atoms with Crippen LogP contribution in [0.1, 0.15) is 32.3 Å². The highest BCUT2D eigenvalue weighted by Crippen LogP contribution is 2.44. The molecule has 2 aliphatic heterocycles. The van der Waals surface area contributed by atoms with Crippen LogP contribution in [0.4, 0.5) is 5.69 Å². The Hall–Kier alpha value is -2.19. The van der Waals surface area contributed by atoms with Crippen molar-refractivity contribution in [2.45, 2.75) is 26.7 Å². The van der Waals surface area contributed by atoms with Crippen molar-refractivity contribution in [1.29, 1.82) is 0 Å². The van der Waals surface area contributed by atoms with Gasteiger partial charge in [-0.2, -0.15) is 0 Å². The van der Waals surface area contributed by atoms with Crippen LogP contribution in [-0.2, 0) is 14.4 Å². The molecule has 0 aliphatic carbocycles. The summed E-state index contributed by atoms with van der Waals surface area (Å²) in [5.41, 5.74) is 1.85. The van der Waals surface area contributed by atoms with Crippen LogP contribution in [-0.4, -0.2) is 40.1 Å². The lowest BCUT2D eigenvalue weighted by atomic mass is 10.1. The Bertz CT molecular complexity index is 863. The number of fused-ring (bicyclic) bond motifs is 1. The van der Waals surface area contributed by atoms with Crippen LogP contribution in [0, 0.1) is 5.92 Å². The molecule has 3 rings (SSSR count). The third-order valence-corrected chi connectivity index (χ3v) is 5.92. The molecule has 0 unspecified atom stereocenters. The van der Waals surface area contributed by atoms with Crippen LogP contribution >= 0.6 is 24.0 Å². The molecule has 0 radical (unpaired) electrons. The van der Waals surface area contributed by atoms with Gasteiger partial charge in [0.2, 0.25) is 0 Å². The lowest BCUT2D eigenvalue weighted by Gasteiger charge is -2.18. The molecule has 0 spiro atoms. The Balaban J connectivity index is 1.98. The zero-order valence-corrected chi connectivity index (χ0v) is 16.7. The molecule has 0 bridgehead atoms. The van der Waals surface area contributed by atoms with E-state index in [1.54, 1.807) is 4.90 Å². The molecular weight excluding hydrogens is 384 g/mol. The largest absolute Gasteiger partial charge is 0.550 e. The summed E-state index contributed by atoms with van der Waals surface area (Å²) in [6.07, 6.45) is 0.542. The smallest absolute Gasteiger partial charge is 0.267 e. The van der Waals surface area contributed by atoms with E-state index in [-0.39, 0.29) is 28.1 Å². The number of benzene rings is 1. The average molecular weight is 404 g/mol. The van der Waals surface area contributed by atoms with Gasteiger partial charge in [0.15, 0.2) is 0 Å². The van der Waals surface area contributed by atoms with E-state index >= 15 is 0 Å². The summed E-state index contributed by atoms with van der Waals surface area (Å²) < 4.78 is 0.259. The Kier molecular flexibility index (Phi) is 5.67. The Labute approximate surface area is 167 Å². The zero-order chi connectivity index (χ0) is 19.7. The second-order valence-corrected chi connectivity index (χ2v) is 8.45. The maximum atomic E-state index is 13.1. The molecule has 1 fully saturated rings. The molecule has 27 heavy (non-hydrogen) atoms. The molecule has 1 aromatic carbocycles. The van der Waals surface area contributed by atoms with Crippen molar-refractivity contribution in [3.8, 4) is 0 Å². The minimum absolute atomic E-state index is 0.0588. The predicted molar refractivity (Wildman–Crippen MR) is 107 cm³/mol. The number of nitrogens with zero attached hydrogens (tertiary/aromatic N) is 2. The van der Waals surface area contributed by atoms with Crippen LogP contribution in [0.15, 0.2) is 29.2 Å². The highest BCUT2D eigenvalue weighted by Gasteiger charge is 2.41. The number of thiocarbonyl (C=S) groups is 1. The molecule has 1 aromatic rings. The summed E-state index contributed by atoms with van der Waals surface area (Å²) in [5.74, 6) is -1.44. The summed E-state index contributed by atoms with van der Waals surface area (Å²) in [6.45, 7) is 4.70. The van der Waals surface area contributed by atoms with E-state index in [9.17, 15) is 19.5 Å². The molecular formula is C19H19N2O4S2-. The molecule has 2 amide bonds. The van der Waals surface area contributed by atoms with E-state index in [1.165, 1.54) is 4.90 Å². The molecule has 0 N–H and O–H groups in total. The van der Waals surface area contributed by atoms with Crippen molar-refractivity contribution >= 4 is 57.3 Å². The Morgan fingerprint density at radius 1 is 1.15 bits per heavy atom. The van der Waals surface area contributed by atoms with Crippen molar-refractivity contribution in [3.63, 3.8) is 0 Å². The van der Waals surface area contributed by atoms with Crippen LogP contribution in [0.5, 0.6) is 0 Å². The normalized spacial score (nSPS) is 19.4. The minimum atomic E-state index is -1.25. The van der Waals surface area contributed by atoms with E-state index in [0.29, 0.717) is 23.6 Å². The molecule has 0 saturated carbocycles. The maximum absolute atomic E-state index is 13.1. The number of rotatable bonds is 6. The molecule has 0 atom stereocenters. The number of carbonyl (C=O) groups is 3. The first-order chi connectivity index (χ1) is 12.8. The van der Waals surface area contributed by atoms with Crippen molar-refractivity contribution in [3.05, 3.63) is 34.7 Å². The van der Waals surface area contributed by atoms with E-state index in [0.717, 1.165) is 23.9 Å². The first-order valence-electron chi connectivity index (χ1n) is 8.70. The van der Waals surface area contributed by atoms with Crippen LogP contribution in [0.2, 0.25) is 0 Å². The monoisotopic (exact) mass is 403 g/mol. The van der Waals surface area contributed by atoms with E-state index in [1.807, 2.05) is 24.3 Å². The first-order valence-corrected chi connectivity index (χ1v) is 9.92. The summed E-state index contributed by atoms with van der Waals surface area (Å²) in [6, 6.07) is 7.39. The van der Waals surface area contributed by atoms with Gasteiger partial charge in [-0.25, -0.2) is 0 Å². The van der Waals surface area contributed by atoms with Gasteiger partial charge in [0.1, 0.15) is 4.32 Å². The summed E-state index contributed by atoms with van der Waals surface area (Å²) in [5, 5.41) is 10.7. The van der Waals surface area contributed by atoms with Crippen molar-refractivity contribution in [2.24, 2.45) is 5.92 Å². The van der Waals surface area contributed by atoms with Crippen LogP contribution < -0.4 is 10.0 Å². The van der Waals surface area contributed by atoms with Crippen molar-refractivity contribution in [2.75, 3.05) is 18.0 Å². The molecule has 2 heterocycles. The number of aliphatic carboxylic acids is 1. The lowest BCUT2D eigenvalue weighted by Crippen LogP contribution is -2.34. The first kappa shape index (κ1) is 19.6. The fourth-order valence-corrected chi connectivity index (χ4v) is 4.43. The van der Waals surface area contributed by atoms with Gasteiger partial charge in [-0.05, 0) is 18.4 Å². The Morgan fingerprint density at radius 2 is 1.85 bits per heavy atom. The highest BCUT2D eigenvalue weighted by atomic mass is 32.2. The quantitative estimate of drug-likeness (QED) is 0.532. The van der Waals surface area contributed by atoms with E-state index in [2.05, 4.69) is 13.8 Å². The van der Waals surface area contributed by atoms with Gasteiger partial charge in [0, 0.05) is 31.0 Å². The fraction of sp³-hybridized carbons (Fsp3) is 0.368. The number of hydrogen-bond acceptors (Lipinski definition) is 6. The SMILES string of the molecule is CC(C)CCN1C(=O)/C(=C2/SC(=S)N(CCC(=O)[O-])C2=O)c2ccccc21. The van der Waals surface area contributed by atoms with Crippen LogP contribution in [0.3, 0.4) is 0 Å². The number of carbonyl (C=O) groups excluding carboxylic acids is 3. The average Bonchev–Trinajstić information content (AvgIpc) is 3.04. The van der Waals surface area contributed by atoms with E-state index in [4.69, 9.17) is 12.2 Å². The summed E-state index contributed by atoms with van der Waals surface area (Å²) in [4.78, 5) is 39.9. The van der Waals surface area contributed by atoms with Gasteiger partial charge in [0.05, 0.1) is 16.2 Å². The second kappa shape index (κ2) is 7.82. The topological polar surface area (TPSA) is 80.8 Å². The Morgan fingerprint density at radius 3 is 2.52 bits per heavy atom. The van der Waals surface area contributed by atoms with Gasteiger partial charge >= 0.3 is 0 Å². The van der Waals surface area contributed by atoms with Crippen molar-refractivity contribution < 1.29 is 19.5 Å². The minimum Gasteiger partial charge on any atom is -0.550 e. The zero-order valence-electron chi connectivity index (χ0n) is 15.1. The molecule has 2 aliphatic rings. The number of amides is 2. The number of anilines is 1. The molecule has 6 nitrogen and oxygen atoms in total. The third kappa shape index (κ3) is 3.77. The number of carboxylic acid groups (broad SMARTS) is 1. The number of carboxylic acids is 1. The van der Waals surface area contributed by atoms with Crippen molar-refractivity contribution in [1.82, 2.24) is 4.90 Å². The highest BCUT2D eigenvalue weighted by molar-refractivity contribution is 8.26. The van der Waals surface area contributed by atoms with Gasteiger partial charge < -0.3 is 14.8 Å². The van der Waals surface area contributed by atoms with Crippen LogP contribution in [0.25, 0.3) is 5.57 Å². The molecule has 1 saturated heterocycles.